The number of ether oxygens (including phenoxy) is 2. The van der Waals surface area contributed by atoms with Crippen LogP contribution in [-0.2, 0) is 55.0 Å². The predicted molar refractivity (Wildman–Crippen MR) is 241 cm³/mol. The maximum atomic E-state index is 14.2. The van der Waals surface area contributed by atoms with E-state index in [0.717, 1.165) is 0 Å². The molecule has 0 saturated heterocycles. The summed E-state index contributed by atoms with van der Waals surface area (Å²) in [5, 5.41) is 53.1. The molecule has 2 bridgehead atoms. The molecule has 23 nitrogen and oxygen atoms in total. The molecule has 10 atom stereocenters. The number of para-hydroxylation sites is 1. The molecule has 0 saturated carbocycles. The number of carbonyl (C=O) groups excluding carboxylic acids is 8. The van der Waals surface area contributed by atoms with Crippen molar-refractivity contribution in [3.8, 4) is 11.5 Å². The van der Waals surface area contributed by atoms with Crippen molar-refractivity contribution in [1.82, 2.24) is 37.2 Å². The van der Waals surface area contributed by atoms with Gasteiger partial charge in [-0.1, -0.05) is 39.4 Å². The van der Waals surface area contributed by atoms with Crippen LogP contribution in [0.25, 0.3) is 0 Å². The van der Waals surface area contributed by atoms with Gasteiger partial charge in [-0.15, -0.1) is 0 Å². The van der Waals surface area contributed by atoms with E-state index in [4.69, 9.17) is 15.2 Å². The van der Waals surface area contributed by atoms with Crippen LogP contribution in [0.4, 0.5) is 5.69 Å². The van der Waals surface area contributed by atoms with Crippen LogP contribution in [0.3, 0.4) is 0 Å². The van der Waals surface area contributed by atoms with Crippen LogP contribution in [0, 0.1) is 5.92 Å². The number of aliphatic hydroxyl groups is 2. The molecule has 0 spiro atoms. The third-order valence-electron chi connectivity index (χ3n) is 12.6. The molecule has 13 N–H and O–H groups in total. The number of nitrogens with two attached hydrogens (primary N) is 1. The fraction of sp³-hybridized carbons (Fsp3) is 0.533. The number of likely N-dealkylation sites (N-methyl/N-ethyl adjacent to an activating group) is 1. The Balaban J connectivity index is 0.0000104. The molecule has 3 aliphatic rings. The first-order valence-corrected chi connectivity index (χ1v) is 22.2. The maximum Gasteiger partial charge on any atom is 1.00 e. The average Bonchev–Trinajstić information content (AvgIpc) is 3.80. The second-order valence-corrected chi connectivity index (χ2v) is 17.2. The topological polar surface area (TPSA) is 355 Å². The van der Waals surface area contributed by atoms with Crippen molar-refractivity contribution in [3.63, 3.8) is 0 Å². The Labute approximate surface area is 420 Å². The standard InChI is InChI=1S/C45H60N9O14.Na/c1-6-31(58)51-29(39(62)50-20-32(59)48-11-13-55)19-45-25-9-8-10-30(68-44(4,7-2)37(47-5)42(65)66)33(25)54-43(45)67-36-24-15-22(3)16-28(52-38(61)27(46)21-57)40(63)53-34(41(64)49-12-14-56)35(60)23(17-24)18-26(36)45;/h8-10,13,17-18,22,27-29,34-35,37,43,47,54,57,60H,6-7,11-12,15-16,19-21,46H2,1-5H3,(H,48,59)(H,49,64)(H,50,62)(H,51,58)(H,52,61)(H,53,63)(H,65,66);/q-1;+1/t22?,27?,28?,29?,34?,35?,37?,43?,44?,45-;/m0./s1. The third kappa shape index (κ3) is 12.2. The van der Waals surface area contributed by atoms with Gasteiger partial charge in [-0.2, -0.15) is 0 Å². The molecule has 3 heterocycles. The number of carboxylic acid groups (broad SMARTS) is 1. The zero-order valence-corrected chi connectivity index (χ0v) is 41.4. The molecule has 6 amide bonds. The van der Waals surface area contributed by atoms with Gasteiger partial charge in [-0.3, -0.25) is 33.6 Å². The molecule has 0 aromatic heterocycles. The van der Waals surface area contributed by atoms with E-state index in [2.05, 4.69) is 42.5 Å². The number of carbonyl (C=O) groups is 8. The Bertz CT molecular complexity index is 2290. The molecule has 0 fully saturated rings. The summed E-state index contributed by atoms with van der Waals surface area (Å²) in [6, 6.07) is 1.03. The summed E-state index contributed by atoms with van der Waals surface area (Å²) in [6.07, 6.45) is -0.999. The Morgan fingerprint density at radius 1 is 1.07 bits per heavy atom. The quantitative estimate of drug-likeness (QED) is 0.0315. The zero-order valence-electron chi connectivity index (χ0n) is 39.4. The monoisotopic (exact) mass is 973 g/mol. The number of carboxylic acids is 1. The number of hydrogen-bond donors (Lipinski definition) is 12. The summed E-state index contributed by atoms with van der Waals surface area (Å²) in [7, 11) is 1.49. The van der Waals surface area contributed by atoms with E-state index in [1.807, 2.05) is 0 Å². The van der Waals surface area contributed by atoms with Crippen molar-refractivity contribution in [2.24, 2.45) is 11.7 Å². The summed E-state index contributed by atoms with van der Waals surface area (Å²) in [5.74, 6) is -5.90. The van der Waals surface area contributed by atoms with Gasteiger partial charge in [-0.25, -0.2) is 6.29 Å². The number of nitrogens with one attached hydrogen (secondary N) is 8. The molecule has 370 valence electrons. The second-order valence-electron chi connectivity index (χ2n) is 17.2. The first-order chi connectivity index (χ1) is 32.3. The second kappa shape index (κ2) is 24.2. The van der Waals surface area contributed by atoms with Gasteiger partial charge in [0.05, 0.1) is 30.8 Å². The van der Waals surface area contributed by atoms with E-state index in [-0.39, 0.29) is 85.3 Å². The van der Waals surface area contributed by atoms with Gasteiger partial charge in [0.15, 0.2) is 6.23 Å². The molecule has 24 heteroatoms. The fourth-order valence-corrected chi connectivity index (χ4v) is 8.93. The van der Waals surface area contributed by atoms with Crippen LogP contribution in [-0.4, -0.2) is 145 Å². The van der Waals surface area contributed by atoms with Gasteiger partial charge in [-0.05, 0) is 80.5 Å². The Kier molecular flexibility index (Phi) is 19.6. The van der Waals surface area contributed by atoms with Crippen LogP contribution < -0.4 is 87.3 Å². The van der Waals surface area contributed by atoms with Gasteiger partial charge in [0.25, 0.3) is 0 Å². The van der Waals surface area contributed by atoms with Crippen LogP contribution in [0.5, 0.6) is 11.5 Å². The minimum absolute atomic E-state index is 0. The number of hydrogen-bond acceptors (Lipinski definition) is 16. The molecule has 69 heavy (non-hydrogen) atoms. The van der Waals surface area contributed by atoms with Crippen molar-refractivity contribution in [2.75, 3.05) is 38.6 Å². The van der Waals surface area contributed by atoms with Crippen molar-refractivity contribution in [1.29, 1.82) is 0 Å². The third-order valence-corrected chi connectivity index (χ3v) is 12.6. The number of aliphatic hydroxyl groups excluding tert-OH is 2. The van der Waals surface area contributed by atoms with Gasteiger partial charge in [0.2, 0.25) is 35.4 Å². The van der Waals surface area contributed by atoms with Gasteiger partial charge < -0.3 is 82.7 Å². The smallest absolute Gasteiger partial charge is 0.540 e. The van der Waals surface area contributed by atoms with E-state index in [0.29, 0.717) is 28.7 Å². The number of rotatable bonds is 21. The van der Waals surface area contributed by atoms with Crippen molar-refractivity contribution >= 4 is 59.7 Å². The minimum atomic E-state index is -1.86. The summed E-state index contributed by atoms with van der Waals surface area (Å²) in [5.41, 5.74) is 4.57. The van der Waals surface area contributed by atoms with E-state index >= 15 is 0 Å². The Morgan fingerprint density at radius 2 is 1.80 bits per heavy atom. The van der Waals surface area contributed by atoms with E-state index < -0.39 is 121 Å². The number of amides is 6. The molecule has 5 rings (SSSR count). The minimum Gasteiger partial charge on any atom is -0.540 e. The molecule has 2 aromatic carbocycles. The van der Waals surface area contributed by atoms with Crippen LogP contribution >= 0.6 is 0 Å². The molecule has 9 unspecified atom stereocenters. The summed E-state index contributed by atoms with van der Waals surface area (Å²) in [6.45, 7) is 4.55. The van der Waals surface area contributed by atoms with Crippen LogP contribution in [0.2, 0.25) is 0 Å². The fourth-order valence-electron chi connectivity index (χ4n) is 8.93. The van der Waals surface area contributed by atoms with Crippen molar-refractivity contribution in [3.05, 3.63) is 52.6 Å². The summed E-state index contributed by atoms with van der Waals surface area (Å²) < 4.78 is 13.4. The van der Waals surface area contributed by atoms with Crippen molar-refractivity contribution < 1.29 is 97.5 Å². The first-order valence-electron chi connectivity index (χ1n) is 22.2. The summed E-state index contributed by atoms with van der Waals surface area (Å²) >= 11 is 0. The van der Waals surface area contributed by atoms with Gasteiger partial charge >= 0.3 is 35.5 Å². The van der Waals surface area contributed by atoms with Crippen LogP contribution in [0.1, 0.15) is 81.7 Å². The number of aliphatic carboxylic acids is 1. The van der Waals surface area contributed by atoms with Gasteiger partial charge in [0.1, 0.15) is 59.7 Å². The van der Waals surface area contributed by atoms with E-state index in [1.54, 1.807) is 52.0 Å². The molecule has 0 radical (unpaired) electrons. The molecular formula is C45H60N9NaO14. The normalized spacial score (nSPS) is 23.2. The SMILES string of the molecule is CCC(=O)NC(C[C@@]12c3cccc(OC(C)(CC)C(NC)C(=O)O)c3NC1Oc1c3cc(cc12)C(O)C(C(=O)NC[C-]=O)NC(=O)C(NC(=O)C(N)CO)CC(C)C3)C(=O)NCC(=O)NCC=O.[Na+]. The Hall–Kier alpha value is -5.69. The largest absolute Gasteiger partial charge is 1.00 e. The molecular weight excluding hydrogens is 914 g/mol. The zero-order chi connectivity index (χ0) is 50.1. The number of fused-ring (bicyclic) bond motifs is 8. The van der Waals surface area contributed by atoms with Crippen molar-refractivity contribution in [2.45, 2.75) is 113 Å². The Morgan fingerprint density at radius 3 is 2.42 bits per heavy atom. The van der Waals surface area contributed by atoms with E-state index in [1.165, 1.54) is 19.4 Å². The van der Waals surface area contributed by atoms with Crippen LogP contribution in [0.15, 0.2) is 30.3 Å². The number of aldehydes is 1. The molecule has 2 aromatic rings. The predicted octanol–water partition coefficient (Wildman–Crippen LogP) is -5.81. The molecule has 0 aliphatic carbocycles. The van der Waals surface area contributed by atoms with E-state index in [9.17, 15) is 58.5 Å². The first kappa shape index (κ1) is 55.9. The average molecular weight is 974 g/mol. The maximum absolute atomic E-state index is 14.2. The summed E-state index contributed by atoms with van der Waals surface area (Å²) in [4.78, 5) is 115. The number of benzene rings is 2. The van der Waals surface area contributed by atoms with Gasteiger partial charge in [0, 0.05) is 12.0 Å². The molecule has 3 aliphatic heterocycles. The number of anilines is 1.